The zero-order valence-electron chi connectivity index (χ0n) is 15.0. The van der Waals surface area contributed by atoms with Crippen LogP contribution < -0.4 is 15.5 Å². The lowest BCUT2D eigenvalue weighted by molar-refractivity contribution is 0.752. The topological polar surface area (TPSA) is 57.5 Å². The highest BCUT2D eigenvalue weighted by atomic mass is 35.5. The van der Waals surface area contributed by atoms with Crippen LogP contribution in [-0.4, -0.2) is 36.2 Å². The number of halogens is 2. The Morgan fingerprint density at radius 1 is 1.28 bits per heavy atom. The van der Waals surface area contributed by atoms with Crippen LogP contribution in [0.2, 0.25) is 10.2 Å². The van der Waals surface area contributed by atoms with E-state index in [1.54, 1.807) is 6.20 Å². The van der Waals surface area contributed by atoms with Crippen molar-refractivity contribution < 1.29 is 0 Å². The lowest BCUT2D eigenvalue weighted by atomic mass is 10.2. The summed E-state index contributed by atoms with van der Waals surface area (Å²) in [6, 6.07) is 5.85. The summed E-state index contributed by atoms with van der Waals surface area (Å²) < 4.78 is 1.85. The first kappa shape index (κ1) is 19.4. The summed E-state index contributed by atoms with van der Waals surface area (Å²) in [5.74, 6) is 1.65. The molecule has 2 aromatic heterocycles. The van der Waals surface area contributed by atoms with Crippen molar-refractivity contribution in [2.24, 2.45) is 12.0 Å². The Bertz CT molecular complexity index is 739. The first-order valence-electron chi connectivity index (χ1n) is 8.06. The van der Waals surface area contributed by atoms with Crippen LogP contribution in [0.15, 0.2) is 29.4 Å². The molecule has 136 valence electrons. The summed E-state index contributed by atoms with van der Waals surface area (Å²) in [4.78, 5) is 10.9. The standard InChI is InChI=1S/C17H24Cl2N6/c1-5-20-17(23-11-13-9-14(18)16(19)25(13)4)22-10-12-6-7-21-15(8-12)24(2)3/h6-9H,5,10-11H2,1-4H3,(H2,20,22,23). The van der Waals surface area contributed by atoms with E-state index in [1.807, 2.05) is 55.7 Å². The van der Waals surface area contributed by atoms with E-state index in [1.165, 1.54) is 0 Å². The molecule has 0 radical (unpaired) electrons. The summed E-state index contributed by atoms with van der Waals surface area (Å²) in [6.45, 7) is 3.95. The fraction of sp³-hybridized carbons (Fsp3) is 0.412. The van der Waals surface area contributed by atoms with Gasteiger partial charge in [0.1, 0.15) is 11.0 Å². The smallest absolute Gasteiger partial charge is 0.191 e. The zero-order valence-corrected chi connectivity index (χ0v) is 16.5. The fourth-order valence-electron chi connectivity index (χ4n) is 2.25. The minimum atomic E-state index is 0.536. The molecule has 6 nitrogen and oxygen atoms in total. The molecule has 0 unspecified atom stereocenters. The van der Waals surface area contributed by atoms with Crippen molar-refractivity contribution in [3.63, 3.8) is 0 Å². The van der Waals surface area contributed by atoms with Crippen molar-refractivity contribution in [3.8, 4) is 0 Å². The van der Waals surface area contributed by atoms with E-state index in [2.05, 4.69) is 20.6 Å². The highest BCUT2D eigenvalue weighted by molar-refractivity contribution is 6.41. The average molecular weight is 383 g/mol. The Labute approximate surface area is 158 Å². The van der Waals surface area contributed by atoms with Gasteiger partial charge in [-0.25, -0.2) is 9.98 Å². The minimum absolute atomic E-state index is 0.536. The molecular weight excluding hydrogens is 359 g/mol. The monoisotopic (exact) mass is 382 g/mol. The number of aliphatic imine (C=N–C) groups is 1. The largest absolute Gasteiger partial charge is 0.363 e. The van der Waals surface area contributed by atoms with E-state index in [0.717, 1.165) is 29.6 Å². The molecule has 0 bridgehead atoms. The van der Waals surface area contributed by atoms with Crippen LogP contribution in [0.5, 0.6) is 0 Å². The lowest BCUT2D eigenvalue weighted by Crippen LogP contribution is -2.37. The summed E-state index contributed by atoms with van der Waals surface area (Å²) in [5, 5.41) is 7.63. The van der Waals surface area contributed by atoms with Gasteiger partial charge >= 0.3 is 0 Å². The Hall–Kier alpha value is -1.92. The molecule has 2 aromatic rings. The highest BCUT2D eigenvalue weighted by Gasteiger charge is 2.09. The predicted octanol–water partition coefficient (Wildman–Crippen LogP) is 3.05. The number of pyridine rings is 1. The van der Waals surface area contributed by atoms with Gasteiger partial charge in [0.25, 0.3) is 0 Å². The molecule has 0 spiro atoms. The Morgan fingerprint density at radius 3 is 2.64 bits per heavy atom. The van der Waals surface area contributed by atoms with Crippen LogP contribution in [-0.2, 0) is 20.1 Å². The van der Waals surface area contributed by atoms with Crippen molar-refractivity contribution in [1.82, 2.24) is 20.2 Å². The van der Waals surface area contributed by atoms with E-state index in [9.17, 15) is 0 Å². The summed E-state index contributed by atoms with van der Waals surface area (Å²) >= 11 is 12.2. The molecule has 0 atom stereocenters. The number of nitrogens with one attached hydrogen (secondary N) is 2. The lowest BCUT2D eigenvalue weighted by Gasteiger charge is -2.13. The number of guanidine groups is 1. The van der Waals surface area contributed by atoms with Crippen molar-refractivity contribution in [3.05, 3.63) is 45.8 Å². The maximum Gasteiger partial charge on any atom is 0.191 e. The number of aromatic nitrogens is 2. The highest BCUT2D eigenvalue weighted by Crippen LogP contribution is 2.24. The van der Waals surface area contributed by atoms with Crippen molar-refractivity contribution in [2.75, 3.05) is 25.5 Å². The maximum atomic E-state index is 6.10. The SMILES string of the molecule is CCNC(=NCc1ccnc(N(C)C)c1)NCc1cc(Cl)c(Cl)n1C. The van der Waals surface area contributed by atoms with E-state index < -0.39 is 0 Å². The molecule has 0 aliphatic rings. The predicted molar refractivity (Wildman–Crippen MR) is 106 cm³/mol. The Kier molecular flexibility index (Phi) is 6.96. The van der Waals surface area contributed by atoms with Crippen molar-refractivity contribution >= 4 is 35.0 Å². The van der Waals surface area contributed by atoms with Crippen LogP contribution in [0.25, 0.3) is 0 Å². The minimum Gasteiger partial charge on any atom is -0.363 e. The third kappa shape index (κ3) is 5.28. The quantitative estimate of drug-likeness (QED) is 0.595. The van der Waals surface area contributed by atoms with Gasteiger partial charge in [0.15, 0.2) is 5.96 Å². The maximum absolute atomic E-state index is 6.10. The second-order valence-corrected chi connectivity index (χ2v) is 6.56. The van der Waals surface area contributed by atoms with Crippen LogP contribution >= 0.6 is 23.2 Å². The van der Waals surface area contributed by atoms with Crippen molar-refractivity contribution in [1.29, 1.82) is 0 Å². The van der Waals surface area contributed by atoms with Crippen LogP contribution in [0.1, 0.15) is 18.2 Å². The van der Waals surface area contributed by atoms with E-state index in [4.69, 9.17) is 23.2 Å². The van der Waals surface area contributed by atoms with Gasteiger partial charge in [0.05, 0.1) is 18.1 Å². The second kappa shape index (κ2) is 8.97. The van der Waals surface area contributed by atoms with E-state index >= 15 is 0 Å². The molecule has 2 heterocycles. The molecule has 25 heavy (non-hydrogen) atoms. The number of rotatable bonds is 6. The average Bonchev–Trinajstić information content (AvgIpc) is 2.84. The summed E-state index contributed by atoms with van der Waals surface area (Å²) in [7, 11) is 5.82. The summed E-state index contributed by atoms with van der Waals surface area (Å²) in [6.07, 6.45) is 1.80. The van der Waals surface area contributed by atoms with Crippen LogP contribution in [0, 0.1) is 0 Å². The van der Waals surface area contributed by atoms with Gasteiger partial charge in [-0.1, -0.05) is 23.2 Å². The van der Waals surface area contributed by atoms with Gasteiger partial charge in [-0.2, -0.15) is 0 Å². The first-order valence-corrected chi connectivity index (χ1v) is 8.82. The van der Waals surface area contributed by atoms with Gasteiger partial charge in [-0.05, 0) is 30.7 Å². The number of nitrogens with zero attached hydrogens (tertiary/aromatic N) is 4. The molecule has 2 rings (SSSR count). The van der Waals surface area contributed by atoms with Crippen LogP contribution in [0.4, 0.5) is 5.82 Å². The van der Waals surface area contributed by atoms with Crippen molar-refractivity contribution in [2.45, 2.75) is 20.0 Å². The Morgan fingerprint density at radius 2 is 2.04 bits per heavy atom. The normalized spacial score (nSPS) is 11.5. The third-order valence-corrected chi connectivity index (χ3v) is 4.53. The van der Waals surface area contributed by atoms with E-state index in [0.29, 0.717) is 23.3 Å². The first-order chi connectivity index (χ1) is 11.9. The van der Waals surface area contributed by atoms with Gasteiger partial charge < -0.3 is 20.1 Å². The molecule has 0 saturated heterocycles. The van der Waals surface area contributed by atoms with Crippen LogP contribution in [0.3, 0.4) is 0 Å². The van der Waals surface area contributed by atoms with Gasteiger partial charge in [-0.3, -0.25) is 0 Å². The van der Waals surface area contributed by atoms with E-state index in [-0.39, 0.29) is 0 Å². The second-order valence-electron chi connectivity index (χ2n) is 5.80. The molecular formula is C17H24Cl2N6. The van der Waals surface area contributed by atoms with Gasteiger partial charge in [0, 0.05) is 39.6 Å². The molecule has 8 heteroatoms. The van der Waals surface area contributed by atoms with Gasteiger partial charge in [0.2, 0.25) is 0 Å². The molecule has 2 N–H and O–H groups in total. The number of hydrogen-bond donors (Lipinski definition) is 2. The molecule has 0 aliphatic heterocycles. The molecule has 0 amide bonds. The zero-order chi connectivity index (χ0) is 18.4. The molecule has 0 aliphatic carbocycles. The third-order valence-electron chi connectivity index (χ3n) is 3.68. The Balaban J connectivity index is 2.05. The summed E-state index contributed by atoms with van der Waals surface area (Å²) in [5.41, 5.74) is 2.08. The molecule has 0 aromatic carbocycles. The molecule has 0 fully saturated rings. The van der Waals surface area contributed by atoms with Gasteiger partial charge in [-0.15, -0.1) is 0 Å². The number of anilines is 1. The number of hydrogen-bond acceptors (Lipinski definition) is 3. The fourth-order valence-corrected chi connectivity index (χ4v) is 2.66. The molecule has 0 saturated carbocycles.